The van der Waals surface area contributed by atoms with Gasteiger partial charge in [0.15, 0.2) is 0 Å². The highest BCUT2D eigenvalue weighted by Gasteiger charge is 2.35. The quantitative estimate of drug-likeness (QED) is 0.797. The third-order valence-corrected chi connectivity index (χ3v) is 2.69. The number of rotatable bonds is 1. The highest BCUT2D eigenvalue weighted by Crippen LogP contribution is 2.33. The van der Waals surface area contributed by atoms with Gasteiger partial charge in [-0.3, -0.25) is 4.79 Å². The first kappa shape index (κ1) is 12.8. The zero-order chi connectivity index (χ0) is 12.5. The molecule has 1 rings (SSSR count). The Balaban J connectivity index is 3.57. The van der Waals surface area contributed by atoms with E-state index in [1.165, 1.54) is 0 Å². The lowest BCUT2D eigenvalue weighted by molar-refractivity contribution is -0.137. The van der Waals surface area contributed by atoms with Crippen LogP contribution in [-0.2, 0) is 6.18 Å². The molecule has 0 aliphatic rings. The van der Waals surface area contributed by atoms with Crippen molar-refractivity contribution in [3.8, 4) is 6.07 Å². The third-order valence-electron chi connectivity index (χ3n) is 1.80. The van der Waals surface area contributed by atoms with E-state index < -0.39 is 23.2 Å². The molecular weight excluding hydrogens is 336 g/mol. The van der Waals surface area contributed by atoms with Gasteiger partial charge >= 0.3 is 6.18 Å². The smallest absolute Gasteiger partial charge is 0.366 e. The summed E-state index contributed by atoms with van der Waals surface area (Å²) in [6.45, 7) is 0. The van der Waals surface area contributed by atoms with E-state index in [1.54, 1.807) is 28.7 Å². The maximum absolute atomic E-state index is 12.5. The normalized spacial score (nSPS) is 10.9. The molecule has 0 atom stereocenters. The first-order valence-corrected chi connectivity index (χ1v) is 4.96. The third kappa shape index (κ3) is 2.44. The summed E-state index contributed by atoms with van der Waals surface area (Å²) in [7, 11) is 0. The summed E-state index contributed by atoms with van der Waals surface area (Å²) < 4.78 is 37.9. The van der Waals surface area contributed by atoms with Gasteiger partial charge in [0.05, 0.1) is 16.7 Å². The van der Waals surface area contributed by atoms with Gasteiger partial charge in [-0.1, -0.05) is 0 Å². The second-order valence-corrected chi connectivity index (χ2v) is 4.01. The molecule has 84 valence electrons. The lowest BCUT2D eigenvalue weighted by Crippen LogP contribution is -2.19. The number of hydrogen-bond acceptors (Lipinski definition) is 2. The maximum atomic E-state index is 12.5. The van der Waals surface area contributed by atoms with Gasteiger partial charge in [0.1, 0.15) is 6.07 Å². The molecule has 0 bridgehead atoms. The average Bonchev–Trinajstić information content (AvgIpc) is 2.15. The van der Waals surface area contributed by atoms with Crippen LogP contribution in [0.2, 0.25) is 0 Å². The predicted octanol–water partition coefficient (Wildman–Crippen LogP) is 2.28. The van der Waals surface area contributed by atoms with E-state index in [0.717, 1.165) is 6.07 Å². The molecule has 0 heterocycles. The lowest BCUT2D eigenvalue weighted by atomic mass is 10.0. The molecule has 1 aromatic rings. The SMILES string of the molecule is N#Cc1cc(C(F)(F)F)c(C(N)=O)cc1I. The van der Waals surface area contributed by atoms with E-state index in [9.17, 15) is 18.0 Å². The van der Waals surface area contributed by atoms with E-state index in [2.05, 4.69) is 0 Å². The summed E-state index contributed by atoms with van der Waals surface area (Å²) in [5, 5.41) is 8.60. The number of nitrogens with two attached hydrogens (primary N) is 1. The molecule has 16 heavy (non-hydrogen) atoms. The second-order valence-electron chi connectivity index (χ2n) is 2.85. The van der Waals surface area contributed by atoms with Gasteiger partial charge < -0.3 is 5.73 Å². The van der Waals surface area contributed by atoms with E-state index >= 15 is 0 Å². The van der Waals surface area contributed by atoms with Crippen molar-refractivity contribution < 1.29 is 18.0 Å². The molecule has 2 N–H and O–H groups in total. The summed E-state index contributed by atoms with van der Waals surface area (Å²) in [4.78, 5) is 10.9. The van der Waals surface area contributed by atoms with Crippen LogP contribution in [0, 0.1) is 14.9 Å². The molecule has 0 saturated carbocycles. The molecule has 1 amide bonds. The Bertz CT molecular complexity index is 491. The number of amides is 1. The number of carbonyl (C=O) groups excluding carboxylic acids is 1. The summed E-state index contributed by atoms with van der Waals surface area (Å²) in [5.41, 5.74) is 2.89. The average molecular weight is 340 g/mol. The van der Waals surface area contributed by atoms with Crippen molar-refractivity contribution >= 4 is 28.5 Å². The Morgan fingerprint density at radius 1 is 1.44 bits per heavy atom. The van der Waals surface area contributed by atoms with Gasteiger partial charge in [0, 0.05) is 3.57 Å². The van der Waals surface area contributed by atoms with Crippen molar-refractivity contribution in [3.63, 3.8) is 0 Å². The van der Waals surface area contributed by atoms with Crippen molar-refractivity contribution in [2.45, 2.75) is 6.18 Å². The Hall–Kier alpha value is -1.30. The van der Waals surface area contributed by atoms with Crippen molar-refractivity contribution in [2.75, 3.05) is 0 Å². The van der Waals surface area contributed by atoms with Crippen molar-refractivity contribution in [1.82, 2.24) is 0 Å². The summed E-state index contributed by atoms with van der Waals surface area (Å²) in [6, 6.07) is 3.20. The Kier molecular flexibility index (Phi) is 3.42. The number of alkyl halides is 3. The fourth-order valence-electron chi connectivity index (χ4n) is 1.10. The minimum Gasteiger partial charge on any atom is -0.366 e. The van der Waals surface area contributed by atoms with Crippen molar-refractivity contribution in [1.29, 1.82) is 5.26 Å². The fraction of sp³-hybridized carbons (Fsp3) is 0.111. The van der Waals surface area contributed by atoms with Gasteiger partial charge in [-0.15, -0.1) is 0 Å². The van der Waals surface area contributed by atoms with Crippen LogP contribution >= 0.6 is 22.6 Å². The molecule has 0 radical (unpaired) electrons. The fourth-order valence-corrected chi connectivity index (χ4v) is 1.69. The Morgan fingerprint density at radius 2 is 2.00 bits per heavy atom. The topological polar surface area (TPSA) is 66.9 Å². The van der Waals surface area contributed by atoms with Gasteiger partial charge in [0.25, 0.3) is 0 Å². The number of halogens is 4. The summed E-state index contributed by atoms with van der Waals surface area (Å²) in [6.07, 6.45) is -4.71. The predicted molar refractivity (Wildman–Crippen MR) is 57.4 cm³/mol. The highest BCUT2D eigenvalue weighted by atomic mass is 127. The number of nitrogens with zero attached hydrogens (tertiary/aromatic N) is 1. The molecule has 7 heteroatoms. The molecule has 1 aromatic carbocycles. The highest BCUT2D eigenvalue weighted by molar-refractivity contribution is 14.1. The zero-order valence-electron chi connectivity index (χ0n) is 7.60. The lowest BCUT2D eigenvalue weighted by Gasteiger charge is -2.11. The number of primary amides is 1. The maximum Gasteiger partial charge on any atom is 0.417 e. The Morgan fingerprint density at radius 3 is 2.38 bits per heavy atom. The molecular formula is C9H4F3IN2O. The molecule has 0 fully saturated rings. The molecule has 3 nitrogen and oxygen atoms in total. The molecule has 0 unspecified atom stereocenters. The zero-order valence-corrected chi connectivity index (χ0v) is 9.76. The van der Waals surface area contributed by atoms with Crippen LogP contribution in [0.4, 0.5) is 13.2 Å². The number of nitriles is 1. The molecule has 0 aromatic heterocycles. The van der Waals surface area contributed by atoms with E-state index in [-0.39, 0.29) is 9.13 Å². The van der Waals surface area contributed by atoms with Crippen molar-refractivity contribution in [3.05, 3.63) is 32.4 Å². The number of benzene rings is 1. The van der Waals surface area contributed by atoms with Gasteiger partial charge in [-0.25, -0.2) is 0 Å². The minimum absolute atomic E-state index is 0.141. The molecule has 0 aliphatic carbocycles. The summed E-state index contributed by atoms with van der Waals surface area (Å²) in [5.74, 6) is -1.17. The van der Waals surface area contributed by atoms with Gasteiger partial charge in [-0.05, 0) is 34.7 Å². The number of hydrogen-bond donors (Lipinski definition) is 1. The van der Waals surface area contributed by atoms with Crippen LogP contribution < -0.4 is 5.73 Å². The molecule has 0 aliphatic heterocycles. The molecule has 0 spiro atoms. The molecule has 0 saturated heterocycles. The standard InChI is InChI=1S/C9H4F3IN2O/c10-9(11,12)6-1-4(3-14)7(13)2-5(6)8(15)16/h1-2H,(H2,15,16). The van der Waals surface area contributed by atoms with Crippen LogP contribution in [0.1, 0.15) is 21.5 Å². The van der Waals surface area contributed by atoms with Crippen LogP contribution in [0.3, 0.4) is 0 Å². The van der Waals surface area contributed by atoms with Gasteiger partial charge in [0.2, 0.25) is 5.91 Å². The minimum atomic E-state index is -4.71. The van der Waals surface area contributed by atoms with Crippen LogP contribution in [-0.4, -0.2) is 5.91 Å². The van der Waals surface area contributed by atoms with E-state index in [1.807, 2.05) is 0 Å². The first-order valence-electron chi connectivity index (χ1n) is 3.88. The largest absolute Gasteiger partial charge is 0.417 e. The van der Waals surface area contributed by atoms with Crippen molar-refractivity contribution in [2.24, 2.45) is 5.73 Å². The second kappa shape index (κ2) is 4.29. The van der Waals surface area contributed by atoms with Crippen LogP contribution in [0.5, 0.6) is 0 Å². The van der Waals surface area contributed by atoms with E-state index in [4.69, 9.17) is 11.0 Å². The van der Waals surface area contributed by atoms with Crippen LogP contribution in [0.25, 0.3) is 0 Å². The Labute approximate surface area is 102 Å². The monoisotopic (exact) mass is 340 g/mol. The van der Waals surface area contributed by atoms with Gasteiger partial charge in [-0.2, -0.15) is 18.4 Å². The van der Waals surface area contributed by atoms with Crippen LogP contribution in [0.15, 0.2) is 12.1 Å². The summed E-state index contributed by atoms with van der Waals surface area (Å²) >= 11 is 1.67. The first-order chi connectivity index (χ1) is 7.27. The van der Waals surface area contributed by atoms with E-state index in [0.29, 0.717) is 6.07 Å². The number of carbonyl (C=O) groups is 1.